The van der Waals surface area contributed by atoms with Gasteiger partial charge in [0.25, 0.3) is 0 Å². The summed E-state index contributed by atoms with van der Waals surface area (Å²) in [6, 6.07) is 9.24. The summed E-state index contributed by atoms with van der Waals surface area (Å²) >= 11 is 0. The fourth-order valence-electron chi connectivity index (χ4n) is 3.64. The largest absolute Gasteiger partial charge is 0.462 e. The molecule has 3 nitrogen and oxygen atoms in total. The first-order chi connectivity index (χ1) is 11.5. The number of rotatable bonds is 7. The van der Waals surface area contributed by atoms with Crippen molar-refractivity contribution in [3.63, 3.8) is 0 Å². The van der Waals surface area contributed by atoms with Crippen LogP contribution in [0.4, 0.5) is 0 Å². The van der Waals surface area contributed by atoms with Crippen LogP contribution in [0.3, 0.4) is 0 Å². The van der Waals surface area contributed by atoms with E-state index >= 15 is 0 Å². The quantitative estimate of drug-likeness (QED) is 0.519. The van der Waals surface area contributed by atoms with E-state index in [4.69, 9.17) is 4.74 Å². The van der Waals surface area contributed by atoms with E-state index < -0.39 is 0 Å². The van der Waals surface area contributed by atoms with Crippen LogP contribution in [0.2, 0.25) is 0 Å². The Hall–Kier alpha value is -1.64. The minimum atomic E-state index is -0.152. The Labute approximate surface area is 145 Å². The first-order valence-corrected chi connectivity index (χ1v) is 9.25. The number of hydrogen-bond acceptors (Lipinski definition) is 3. The summed E-state index contributed by atoms with van der Waals surface area (Å²) in [4.78, 5) is 24.2. The van der Waals surface area contributed by atoms with Gasteiger partial charge in [0.1, 0.15) is 6.10 Å². The van der Waals surface area contributed by atoms with Crippen LogP contribution in [0.25, 0.3) is 0 Å². The smallest absolute Gasteiger partial charge is 0.306 e. The van der Waals surface area contributed by atoms with E-state index in [9.17, 15) is 9.59 Å². The molecule has 1 fully saturated rings. The van der Waals surface area contributed by atoms with Gasteiger partial charge in [-0.1, -0.05) is 57.5 Å². The third-order valence-electron chi connectivity index (χ3n) is 5.12. The number of benzene rings is 1. The minimum absolute atomic E-state index is 0.0473. The molecule has 3 atom stereocenters. The third-order valence-corrected chi connectivity index (χ3v) is 5.12. The molecule has 24 heavy (non-hydrogen) atoms. The third kappa shape index (κ3) is 5.47. The highest BCUT2D eigenvalue weighted by molar-refractivity contribution is 5.96. The lowest BCUT2D eigenvalue weighted by Gasteiger charge is -2.36. The molecule has 0 amide bonds. The monoisotopic (exact) mass is 330 g/mol. The van der Waals surface area contributed by atoms with Gasteiger partial charge in [0.05, 0.1) is 0 Å². The van der Waals surface area contributed by atoms with Gasteiger partial charge in [-0.2, -0.15) is 0 Å². The Morgan fingerprint density at radius 2 is 1.83 bits per heavy atom. The van der Waals surface area contributed by atoms with Crippen molar-refractivity contribution < 1.29 is 14.3 Å². The first kappa shape index (κ1) is 18.7. The fraction of sp³-hybridized carbons (Fsp3) is 0.619. The zero-order chi connectivity index (χ0) is 17.5. The van der Waals surface area contributed by atoms with Gasteiger partial charge in [-0.3, -0.25) is 9.59 Å². The molecule has 0 heterocycles. The van der Waals surface area contributed by atoms with Gasteiger partial charge in [-0.15, -0.1) is 0 Å². The molecule has 3 unspecified atom stereocenters. The van der Waals surface area contributed by atoms with Gasteiger partial charge < -0.3 is 4.74 Å². The number of carbonyl (C=O) groups is 2. The average molecular weight is 330 g/mol. The highest BCUT2D eigenvalue weighted by Crippen LogP contribution is 2.35. The minimum Gasteiger partial charge on any atom is -0.462 e. The first-order valence-electron chi connectivity index (χ1n) is 9.25. The molecule has 1 aliphatic rings. The highest BCUT2D eigenvalue weighted by atomic mass is 16.5. The van der Waals surface area contributed by atoms with Crippen LogP contribution < -0.4 is 0 Å². The van der Waals surface area contributed by atoms with E-state index in [1.54, 1.807) is 0 Å². The molecule has 0 aliphatic heterocycles. The van der Waals surface area contributed by atoms with Crippen molar-refractivity contribution in [2.75, 3.05) is 0 Å². The summed E-state index contributed by atoms with van der Waals surface area (Å²) in [6.45, 7) is 6.65. The predicted octanol–water partition coefficient (Wildman–Crippen LogP) is 5.04. The van der Waals surface area contributed by atoms with E-state index in [1.165, 1.54) is 6.42 Å². The summed E-state index contributed by atoms with van der Waals surface area (Å²) in [7, 11) is 0. The summed E-state index contributed by atoms with van der Waals surface area (Å²) in [5.41, 5.74) is 0.715. The number of carbonyl (C=O) groups excluding carboxylic acids is 2. The van der Waals surface area contributed by atoms with Crippen LogP contribution in [0.1, 0.15) is 69.7 Å². The second-order valence-corrected chi connectivity index (χ2v) is 7.50. The Kier molecular flexibility index (Phi) is 7.01. The zero-order valence-electron chi connectivity index (χ0n) is 15.2. The summed E-state index contributed by atoms with van der Waals surface area (Å²) < 4.78 is 5.77. The molecule has 2 rings (SSSR count). The second kappa shape index (κ2) is 9.00. The van der Waals surface area contributed by atoms with Gasteiger partial charge in [-0.25, -0.2) is 0 Å². The van der Waals surface area contributed by atoms with Crippen LogP contribution in [0.5, 0.6) is 0 Å². The van der Waals surface area contributed by atoms with Crippen molar-refractivity contribution in [3.8, 4) is 0 Å². The highest BCUT2D eigenvalue weighted by Gasteiger charge is 2.33. The molecule has 0 bridgehead atoms. The van der Waals surface area contributed by atoms with Crippen molar-refractivity contribution in [1.29, 1.82) is 0 Å². The number of hydrogen-bond donors (Lipinski definition) is 0. The van der Waals surface area contributed by atoms with Crippen molar-refractivity contribution in [2.24, 2.45) is 17.8 Å². The molecule has 0 aromatic heterocycles. The molecular weight excluding hydrogens is 300 g/mol. The lowest BCUT2D eigenvalue weighted by atomic mass is 9.75. The molecule has 0 saturated heterocycles. The molecule has 0 spiro atoms. The molecule has 0 N–H and O–H groups in total. The van der Waals surface area contributed by atoms with Crippen molar-refractivity contribution in [1.82, 2.24) is 0 Å². The number of esters is 1. The van der Waals surface area contributed by atoms with Gasteiger partial charge in [0.2, 0.25) is 0 Å². The van der Waals surface area contributed by atoms with Crippen LogP contribution >= 0.6 is 0 Å². The number of ketones is 1. The van der Waals surface area contributed by atoms with Crippen LogP contribution in [-0.4, -0.2) is 17.9 Å². The Morgan fingerprint density at radius 1 is 1.12 bits per heavy atom. The fourth-order valence-corrected chi connectivity index (χ4v) is 3.64. The lowest BCUT2D eigenvalue weighted by Crippen LogP contribution is -2.35. The van der Waals surface area contributed by atoms with Gasteiger partial charge in [-0.05, 0) is 37.0 Å². The molecule has 1 aromatic carbocycles. The van der Waals surface area contributed by atoms with E-state index in [0.717, 1.165) is 12.8 Å². The molecular formula is C21H30O3. The van der Waals surface area contributed by atoms with Gasteiger partial charge >= 0.3 is 5.97 Å². The molecule has 0 radical (unpaired) electrons. The van der Waals surface area contributed by atoms with E-state index in [2.05, 4.69) is 20.8 Å². The molecule has 1 aliphatic carbocycles. The predicted molar refractivity (Wildman–Crippen MR) is 95.8 cm³/mol. The van der Waals surface area contributed by atoms with Crippen molar-refractivity contribution in [3.05, 3.63) is 35.9 Å². The standard InChI is InChI=1S/C21H30O3/c1-15(2)18-13-12-16(3)14-20(18)24-21(23)11-7-10-19(22)17-8-5-4-6-9-17/h4-6,8-9,15-16,18,20H,7,10-14H2,1-3H3. The van der Waals surface area contributed by atoms with Crippen LogP contribution in [0.15, 0.2) is 30.3 Å². The van der Waals surface area contributed by atoms with Crippen LogP contribution in [-0.2, 0) is 9.53 Å². The normalized spacial score (nSPS) is 23.9. The van der Waals surface area contributed by atoms with Gasteiger partial charge in [0.15, 0.2) is 5.78 Å². The summed E-state index contributed by atoms with van der Waals surface area (Å²) in [5.74, 6) is 1.57. The van der Waals surface area contributed by atoms with Crippen LogP contribution in [0, 0.1) is 17.8 Å². The Morgan fingerprint density at radius 3 is 2.50 bits per heavy atom. The van der Waals surface area contributed by atoms with Crippen molar-refractivity contribution >= 4 is 11.8 Å². The Balaban J connectivity index is 1.77. The topological polar surface area (TPSA) is 43.4 Å². The number of ether oxygens (including phenoxy) is 1. The SMILES string of the molecule is CC1CCC(C(C)C)C(OC(=O)CCCC(=O)c2ccccc2)C1. The summed E-state index contributed by atoms with van der Waals surface area (Å²) in [5, 5.41) is 0. The van der Waals surface area contributed by atoms with E-state index in [1.807, 2.05) is 30.3 Å². The Bertz CT molecular complexity index is 535. The van der Waals surface area contributed by atoms with E-state index in [0.29, 0.717) is 42.6 Å². The zero-order valence-corrected chi connectivity index (χ0v) is 15.2. The molecule has 3 heteroatoms. The molecule has 1 saturated carbocycles. The van der Waals surface area contributed by atoms with E-state index in [-0.39, 0.29) is 17.9 Å². The number of Topliss-reactive ketones (excluding diaryl/α,β-unsaturated/α-hetero) is 1. The van der Waals surface area contributed by atoms with Crippen molar-refractivity contribution in [2.45, 2.75) is 65.4 Å². The maximum Gasteiger partial charge on any atom is 0.306 e. The maximum absolute atomic E-state index is 12.2. The lowest BCUT2D eigenvalue weighted by molar-refractivity contribution is -0.156. The van der Waals surface area contributed by atoms with Gasteiger partial charge in [0, 0.05) is 18.4 Å². The molecule has 1 aromatic rings. The maximum atomic E-state index is 12.2. The molecule has 132 valence electrons. The second-order valence-electron chi connectivity index (χ2n) is 7.50. The average Bonchev–Trinajstić information content (AvgIpc) is 2.55. The summed E-state index contributed by atoms with van der Waals surface area (Å²) in [6.07, 6.45) is 4.66.